The molecule has 4 unspecified atom stereocenters. The van der Waals surface area contributed by atoms with E-state index in [1.807, 2.05) is 42.5 Å². The molecule has 2 aliphatic rings. The van der Waals surface area contributed by atoms with Crippen molar-refractivity contribution in [3.63, 3.8) is 0 Å². The zero-order chi connectivity index (χ0) is 23.5. The highest BCUT2D eigenvalue weighted by Gasteiger charge is 2.53. The maximum absolute atomic E-state index is 13.6. The number of rotatable bonds is 8. The first-order chi connectivity index (χ1) is 16.6. The van der Waals surface area contributed by atoms with Crippen LogP contribution in [0.4, 0.5) is 0 Å². The van der Waals surface area contributed by atoms with Crippen LogP contribution in [0, 0.1) is 11.8 Å². The summed E-state index contributed by atoms with van der Waals surface area (Å²) >= 11 is 0. The molecule has 0 aliphatic heterocycles. The van der Waals surface area contributed by atoms with E-state index in [0.717, 1.165) is 32.2 Å². The van der Waals surface area contributed by atoms with Gasteiger partial charge in [-0.15, -0.1) is 0 Å². The zero-order valence-electron chi connectivity index (χ0n) is 19.7. The molecule has 4 atom stereocenters. The minimum absolute atomic E-state index is 0.143. The molecule has 3 aromatic rings. The molecule has 2 bridgehead atoms. The third kappa shape index (κ3) is 4.28. The van der Waals surface area contributed by atoms with Gasteiger partial charge in [-0.25, -0.2) is 4.79 Å². The third-order valence-corrected chi connectivity index (χ3v) is 7.88. The monoisotopic (exact) mass is 455 g/mol. The lowest BCUT2D eigenvalue weighted by molar-refractivity contribution is -0.170. The molecule has 4 heteroatoms. The van der Waals surface area contributed by atoms with Gasteiger partial charge in [0.25, 0.3) is 0 Å². The molecule has 34 heavy (non-hydrogen) atoms. The number of esters is 1. The molecule has 0 spiro atoms. The molecule has 4 nitrogen and oxygen atoms in total. The molecule has 3 aromatic carbocycles. The number of benzene rings is 3. The standard InChI is InChI=1S/C30H33NO3/c1-31(20-19-22-11-5-2-6-12-22)27-21-23-17-18-26(27)28(23)34-29(32)30(33,24-13-7-3-8-14-24)25-15-9-4-10-16-25/h2-16,23,26-28,33H,17-21H2,1H3. The van der Waals surface area contributed by atoms with Crippen molar-refractivity contribution in [1.82, 2.24) is 4.90 Å². The number of carbonyl (C=O) groups is 1. The Kier molecular flexibility index (Phi) is 6.53. The number of carbonyl (C=O) groups excluding carboxylic acids is 1. The van der Waals surface area contributed by atoms with Gasteiger partial charge in [0.05, 0.1) is 0 Å². The minimum Gasteiger partial charge on any atom is -0.459 e. The smallest absolute Gasteiger partial charge is 0.347 e. The zero-order valence-corrected chi connectivity index (χ0v) is 19.7. The maximum atomic E-state index is 13.6. The Labute approximate surface area is 202 Å². The first kappa shape index (κ1) is 22.8. The minimum atomic E-state index is -1.82. The van der Waals surface area contributed by atoms with Gasteiger partial charge in [-0.2, -0.15) is 0 Å². The predicted octanol–water partition coefficient (Wildman–Crippen LogP) is 4.81. The van der Waals surface area contributed by atoms with Gasteiger partial charge in [-0.3, -0.25) is 0 Å². The summed E-state index contributed by atoms with van der Waals surface area (Å²) in [6.45, 7) is 0.983. The number of likely N-dealkylation sites (N-methyl/N-ethyl adjacent to an activating group) is 1. The Balaban J connectivity index is 1.32. The van der Waals surface area contributed by atoms with Crippen molar-refractivity contribution in [1.29, 1.82) is 0 Å². The van der Waals surface area contributed by atoms with E-state index in [9.17, 15) is 9.90 Å². The fraction of sp³-hybridized carbons (Fsp3) is 0.367. The average Bonchev–Trinajstić information content (AvgIpc) is 3.45. The van der Waals surface area contributed by atoms with E-state index < -0.39 is 11.6 Å². The Bertz CT molecular complexity index is 1050. The summed E-state index contributed by atoms with van der Waals surface area (Å²) in [6.07, 6.45) is 4.06. The van der Waals surface area contributed by atoms with Crippen molar-refractivity contribution in [2.24, 2.45) is 11.8 Å². The molecular weight excluding hydrogens is 422 g/mol. The molecule has 176 valence electrons. The van der Waals surface area contributed by atoms with Crippen LogP contribution in [-0.4, -0.2) is 41.7 Å². The normalized spacial score (nSPS) is 23.9. The van der Waals surface area contributed by atoms with Crippen molar-refractivity contribution >= 4 is 5.97 Å². The van der Waals surface area contributed by atoms with Crippen molar-refractivity contribution < 1.29 is 14.6 Å². The second-order valence-electron chi connectivity index (χ2n) is 9.83. The third-order valence-electron chi connectivity index (χ3n) is 7.88. The summed E-state index contributed by atoms with van der Waals surface area (Å²) in [4.78, 5) is 16.1. The van der Waals surface area contributed by atoms with E-state index in [2.05, 4.69) is 36.2 Å². The van der Waals surface area contributed by atoms with E-state index in [4.69, 9.17) is 4.74 Å². The van der Waals surface area contributed by atoms with E-state index in [1.54, 1.807) is 24.3 Å². The molecule has 2 saturated carbocycles. The summed E-state index contributed by atoms with van der Waals surface area (Å²) in [5, 5.41) is 11.8. The Morgan fingerprint density at radius 1 is 0.912 bits per heavy atom. The highest BCUT2D eigenvalue weighted by Crippen LogP contribution is 2.49. The van der Waals surface area contributed by atoms with Crippen LogP contribution in [0.3, 0.4) is 0 Å². The highest BCUT2D eigenvalue weighted by molar-refractivity contribution is 5.85. The van der Waals surface area contributed by atoms with E-state index >= 15 is 0 Å². The fourth-order valence-electron chi connectivity index (χ4n) is 6.01. The number of fused-ring (bicyclic) bond motifs is 2. The second-order valence-corrected chi connectivity index (χ2v) is 9.83. The van der Waals surface area contributed by atoms with Crippen molar-refractivity contribution in [2.75, 3.05) is 13.6 Å². The van der Waals surface area contributed by atoms with Gasteiger partial charge in [0.15, 0.2) is 0 Å². The number of hydrogen-bond acceptors (Lipinski definition) is 4. The summed E-state index contributed by atoms with van der Waals surface area (Å²) in [6, 6.07) is 29.3. The Morgan fingerprint density at radius 3 is 2.06 bits per heavy atom. The van der Waals surface area contributed by atoms with Crippen LogP contribution in [0.2, 0.25) is 0 Å². The van der Waals surface area contributed by atoms with Crippen molar-refractivity contribution in [2.45, 2.75) is 43.4 Å². The molecule has 2 fully saturated rings. The van der Waals surface area contributed by atoms with E-state index in [1.165, 1.54) is 5.56 Å². The number of nitrogens with zero attached hydrogens (tertiary/aromatic N) is 1. The van der Waals surface area contributed by atoms with Crippen LogP contribution in [0.15, 0.2) is 91.0 Å². The topological polar surface area (TPSA) is 49.8 Å². The first-order valence-corrected chi connectivity index (χ1v) is 12.4. The van der Waals surface area contributed by atoms with Crippen LogP contribution in [0.1, 0.15) is 36.0 Å². The molecule has 0 saturated heterocycles. The van der Waals surface area contributed by atoms with Crippen LogP contribution in [-0.2, 0) is 21.6 Å². The molecule has 1 N–H and O–H groups in total. The molecule has 0 radical (unpaired) electrons. The molecule has 2 aliphatic carbocycles. The van der Waals surface area contributed by atoms with Crippen LogP contribution in [0.5, 0.6) is 0 Å². The van der Waals surface area contributed by atoms with Crippen LogP contribution < -0.4 is 0 Å². The molecule has 5 rings (SSSR count). The van der Waals surface area contributed by atoms with E-state index in [0.29, 0.717) is 29.0 Å². The molecular formula is C30H33NO3. The Morgan fingerprint density at radius 2 is 1.47 bits per heavy atom. The SMILES string of the molecule is CN(CCc1ccccc1)C1CC2CCC1C2OC(=O)C(O)(c1ccccc1)c1ccccc1. The van der Waals surface area contributed by atoms with Gasteiger partial charge >= 0.3 is 5.97 Å². The average molecular weight is 456 g/mol. The summed E-state index contributed by atoms with van der Waals surface area (Å²) in [5.41, 5.74) is 0.594. The molecule has 0 heterocycles. The largest absolute Gasteiger partial charge is 0.459 e. The fourth-order valence-corrected chi connectivity index (χ4v) is 6.01. The van der Waals surface area contributed by atoms with E-state index in [-0.39, 0.29) is 6.10 Å². The summed E-state index contributed by atoms with van der Waals surface area (Å²) in [5.74, 6) is 0.0961. The Hall–Kier alpha value is -2.95. The highest BCUT2D eigenvalue weighted by atomic mass is 16.6. The van der Waals surface area contributed by atoms with Gasteiger partial charge in [0.1, 0.15) is 6.10 Å². The lowest BCUT2D eigenvalue weighted by Gasteiger charge is -2.32. The van der Waals surface area contributed by atoms with Gasteiger partial charge in [0.2, 0.25) is 5.60 Å². The predicted molar refractivity (Wildman–Crippen MR) is 133 cm³/mol. The van der Waals surface area contributed by atoms with Gasteiger partial charge in [0, 0.05) is 18.5 Å². The first-order valence-electron chi connectivity index (χ1n) is 12.4. The quantitative estimate of drug-likeness (QED) is 0.496. The van der Waals surface area contributed by atoms with Gasteiger partial charge in [-0.1, -0.05) is 91.0 Å². The second kappa shape index (κ2) is 9.73. The van der Waals surface area contributed by atoms with Gasteiger partial charge < -0.3 is 14.7 Å². The maximum Gasteiger partial charge on any atom is 0.347 e. The number of aliphatic hydroxyl groups is 1. The van der Waals surface area contributed by atoms with Crippen molar-refractivity contribution in [3.8, 4) is 0 Å². The summed E-state index contributed by atoms with van der Waals surface area (Å²) in [7, 11) is 2.19. The number of hydrogen-bond donors (Lipinski definition) is 1. The lowest BCUT2D eigenvalue weighted by atomic mass is 9.86. The molecule has 0 aromatic heterocycles. The van der Waals surface area contributed by atoms with Crippen LogP contribution >= 0.6 is 0 Å². The van der Waals surface area contributed by atoms with Gasteiger partial charge in [-0.05, 0) is 55.3 Å². The molecule has 0 amide bonds. The van der Waals surface area contributed by atoms with Crippen molar-refractivity contribution in [3.05, 3.63) is 108 Å². The lowest BCUT2D eigenvalue weighted by Crippen LogP contribution is -2.43. The number of ether oxygens (including phenoxy) is 1. The summed E-state index contributed by atoms with van der Waals surface area (Å²) < 4.78 is 6.20. The van der Waals surface area contributed by atoms with Crippen LogP contribution in [0.25, 0.3) is 0 Å².